The van der Waals surface area contributed by atoms with Gasteiger partial charge in [0.1, 0.15) is 17.2 Å². The van der Waals surface area contributed by atoms with Crippen molar-refractivity contribution in [3.63, 3.8) is 0 Å². The lowest BCUT2D eigenvalue weighted by Crippen LogP contribution is -2.22. The van der Waals surface area contributed by atoms with E-state index in [2.05, 4.69) is 0 Å². The van der Waals surface area contributed by atoms with Crippen molar-refractivity contribution in [2.45, 2.75) is 32.1 Å². The molecule has 6 heteroatoms. The van der Waals surface area contributed by atoms with Crippen LogP contribution in [0.25, 0.3) is 17.0 Å². The Morgan fingerprint density at radius 3 is 2.66 bits per heavy atom. The number of fused-ring (bicyclic) bond motifs is 2. The number of rotatable bonds is 4. The van der Waals surface area contributed by atoms with Crippen LogP contribution in [0.1, 0.15) is 48.0 Å². The molecule has 0 amide bonds. The fraction of sp³-hybridized carbons (Fsp3) is 0.308. The van der Waals surface area contributed by atoms with Gasteiger partial charge in [0, 0.05) is 35.8 Å². The van der Waals surface area contributed by atoms with Gasteiger partial charge in [-0.1, -0.05) is 19.3 Å². The molecule has 1 fully saturated rings. The molecule has 1 aliphatic carbocycles. The monoisotopic (exact) mass is 431 g/mol. The van der Waals surface area contributed by atoms with E-state index in [0.717, 1.165) is 47.9 Å². The van der Waals surface area contributed by atoms with Gasteiger partial charge in [0.2, 0.25) is 5.78 Å². The van der Waals surface area contributed by atoms with Gasteiger partial charge in [0.15, 0.2) is 5.76 Å². The Balaban J connectivity index is 1.40. The van der Waals surface area contributed by atoms with E-state index < -0.39 is 0 Å². The molecule has 5 rings (SSSR count). The zero-order valence-corrected chi connectivity index (χ0v) is 18.2. The first-order valence-electron chi connectivity index (χ1n) is 11.0. The Bertz CT molecular complexity index is 1250. The Hall–Kier alpha value is -3.54. The van der Waals surface area contributed by atoms with Crippen LogP contribution in [0, 0.1) is 5.92 Å². The average molecular weight is 431 g/mol. The zero-order chi connectivity index (χ0) is 22.2. The van der Waals surface area contributed by atoms with Gasteiger partial charge in [-0.2, -0.15) is 0 Å². The number of hydrogen-bond donors (Lipinski definition) is 0. The van der Waals surface area contributed by atoms with Gasteiger partial charge in [-0.15, -0.1) is 0 Å². The van der Waals surface area contributed by atoms with Crippen LogP contribution in [0.4, 0.5) is 0 Å². The number of carbonyl (C=O) groups excluding carboxylic acids is 2. The second kappa shape index (κ2) is 8.19. The van der Waals surface area contributed by atoms with Crippen LogP contribution in [0.15, 0.2) is 48.4 Å². The largest absolute Gasteiger partial charge is 0.497 e. The number of carbonyl (C=O) groups is 2. The number of nitrogens with zero attached hydrogens (tertiary/aromatic N) is 1. The highest BCUT2D eigenvalue weighted by Gasteiger charge is 2.29. The maximum atomic E-state index is 12.9. The van der Waals surface area contributed by atoms with Crippen molar-refractivity contribution in [1.82, 2.24) is 4.57 Å². The van der Waals surface area contributed by atoms with Crippen LogP contribution in [0.3, 0.4) is 0 Å². The molecule has 1 saturated carbocycles. The van der Waals surface area contributed by atoms with Crippen molar-refractivity contribution in [2.24, 2.45) is 13.0 Å². The van der Waals surface area contributed by atoms with Gasteiger partial charge in [-0.25, -0.2) is 0 Å². The Morgan fingerprint density at radius 1 is 1.09 bits per heavy atom. The molecule has 0 N–H and O–H groups in total. The van der Waals surface area contributed by atoms with E-state index in [1.54, 1.807) is 31.4 Å². The summed E-state index contributed by atoms with van der Waals surface area (Å²) in [7, 11) is 3.58. The molecule has 2 heterocycles. The summed E-state index contributed by atoms with van der Waals surface area (Å²) >= 11 is 0. The molecule has 1 aromatic heterocycles. The van der Waals surface area contributed by atoms with Crippen molar-refractivity contribution < 1.29 is 23.8 Å². The predicted molar refractivity (Wildman–Crippen MR) is 121 cm³/mol. The first kappa shape index (κ1) is 20.4. The normalized spacial score (nSPS) is 17.4. The van der Waals surface area contributed by atoms with Crippen LogP contribution < -0.4 is 14.2 Å². The fourth-order valence-electron chi connectivity index (χ4n) is 4.55. The highest BCUT2D eigenvalue weighted by atomic mass is 16.5. The molecule has 164 valence electrons. The minimum Gasteiger partial charge on any atom is -0.497 e. The molecular formula is C26H25NO5. The standard InChI is InChI=1S/C26H25NO5/c1-27-15-17(21-13-18(30-2)9-11-22(21)27)12-24-25(28)20-10-8-19(14-23(20)32-24)31-26(29)16-6-4-3-5-7-16/h8-16H,3-7H2,1-2H3/b24-12+. The van der Waals surface area contributed by atoms with Gasteiger partial charge >= 0.3 is 5.97 Å². The molecule has 0 atom stereocenters. The van der Waals surface area contributed by atoms with Crippen molar-refractivity contribution in [3.05, 3.63) is 59.5 Å². The third-order valence-electron chi connectivity index (χ3n) is 6.31. The molecule has 1 aliphatic heterocycles. The molecule has 0 bridgehead atoms. The number of aryl methyl sites for hydroxylation is 1. The lowest BCUT2D eigenvalue weighted by atomic mass is 9.89. The molecule has 2 aromatic carbocycles. The highest BCUT2D eigenvalue weighted by molar-refractivity contribution is 6.15. The summed E-state index contributed by atoms with van der Waals surface area (Å²) in [4.78, 5) is 25.4. The minimum absolute atomic E-state index is 0.0432. The van der Waals surface area contributed by atoms with Crippen molar-refractivity contribution in [2.75, 3.05) is 7.11 Å². The van der Waals surface area contributed by atoms with E-state index in [0.29, 0.717) is 17.1 Å². The summed E-state index contributed by atoms with van der Waals surface area (Å²) in [6.07, 6.45) is 8.76. The van der Waals surface area contributed by atoms with Crippen molar-refractivity contribution in [1.29, 1.82) is 0 Å². The highest BCUT2D eigenvalue weighted by Crippen LogP contribution is 2.36. The van der Waals surface area contributed by atoms with Crippen LogP contribution in [0.5, 0.6) is 17.2 Å². The molecule has 0 spiro atoms. The van der Waals surface area contributed by atoms with Gasteiger partial charge in [-0.05, 0) is 49.2 Å². The molecule has 3 aromatic rings. The maximum Gasteiger partial charge on any atom is 0.314 e. The SMILES string of the molecule is COc1ccc2c(c1)c(/C=C1/Oc3cc(OC(=O)C4CCCCC4)ccc3C1=O)cn2C. The summed E-state index contributed by atoms with van der Waals surface area (Å²) in [5.41, 5.74) is 2.35. The Kier molecular flexibility index (Phi) is 5.21. The number of ketones is 1. The number of esters is 1. The van der Waals surface area contributed by atoms with Gasteiger partial charge < -0.3 is 18.8 Å². The lowest BCUT2D eigenvalue weighted by Gasteiger charge is -2.19. The van der Waals surface area contributed by atoms with E-state index >= 15 is 0 Å². The first-order valence-corrected chi connectivity index (χ1v) is 11.0. The molecule has 2 aliphatic rings. The first-order chi connectivity index (χ1) is 15.5. The summed E-state index contributed by atoms with van der Waals surface area (Å²) in [6, 6.07) is 10.8. The number of methoxy groups -OCH3 is 1. The number of Topliss-reactive ketones (excluding diaryl/α,β-unsaturated/α-hetero) is 1. The second-order valence-electron chi connectivity index (χ2n) is 8.43. The van der Waals surface area contributed by atoms with Crippen molar-refractivity contribution in [3.8, 4) is 17.2 Å². The second-order valence-corrected chi connectivity index (χ2v) is 8.43. The van der Waals surface area contributed by atoms with E-state index in [-0.39, 0.29) is 23.4 Å². The van der Waals surface area contributed by atoms with E-state index in [1.807, 2.05) is 36.0 Å². The third kappa shape index (κ3) is 3.66. The molecule has 32 heavy (non-hydrogen) atoms. The van der Waals surface area contributed by atoms with E-state index in [1.165, 1.54) is 6.42 Å². The van der Waals surface area contributed by atoms with Gasteiger partial charge in [-0.3, -0.25) is 9.59 Å². The lowest BCUT2D eigenvalue weighted by molar-refractivity contribution is -0.139. The number of aromatic nitrogens is 1. The molecule has 0 saturated heterocycles. The van der Waals surface area contributed by atoms with Crippen LogP contribution in [-0.2, 0) is 11.8 Å². The number of ether oxygens (including phenoxy) is 3. The predicted octanol–water partition coefficient (Wildman–Crippen LogP) is 5.29. The smallest absolute Gasteiger partial charge is 0.314 e. The average Bonchev–Trinajstić information content (AvgIpc) is 3.29. The molecule has 0 radical (unpaired) electrons. The zero-order valence-electron chi connectivity index (χ0n) is 18.2. The van der Waals surface area contributed by atoms with Crippen LogP contribution in [0.2, 0.25) is 0 Å². The summed E-state index contributed by atoms with van der Waals surface area (Å²) in [5.74, 6) is 1.37. The van der Waals surface area contributed by atoms with Crippen LogP contribution in [-0.4, -0.2) is 23.4 Å². The van der Waals surface area contributed by atoms with Gasteiger partial charge in [0.25, 0.3) is 0 Å². The summed E-state index contributed by atoms with van der Waals surface area (Å²) in [6.45, 7) is 0. The van der Waals surface area contributed by atoms with E-state index in [4.69, 9.17) is 14.2 Å². The summed E-state index contributed by atoms with van der Waals surface area (Å²) < 4.78 is 18.8. The summed E-state index contributed by atoms with van der Waals surface area (Å²) in [5, 5.41) is 0.966. The van der Waals surface area contributed by atoms with Crippen LogP contribution >= 0.6 is 0 Å². The van der Waals surface area contributed by atoms with E-state index in [9.17, 15) is 9.59 Å². The molecule has 0 unspecified atom stereocenters. The number of benzene rings is 2. The van der Waals surface area contributed by atoms with Crippen molar-refractivity contribution >= 4 is 28.7 Å². The number of allylic oxidation sites excluding steroid dienone is 1. The molecule has 6 nitrogen and oxygen atoms in total. The number of hydrogen-bond acceptors (Lipinski definition) is 5. The third-order valence-corrected chi connectivity index (χ3v) is 6.31. The maximum absolute atomic E-state index is 12.9. The minimum atomic E-state index is -0.200. The Morgan fingerprint density at radius 2 is 1.88 bits per heavy atom. The fourth-order valence-corrected chi connectivity index (χ4v) is 4.55. The quantitative estimate of drug-likeness (QED) is 0.319. The molecular weight excluding hydrogens is 406 g/mol. The topological polar surface area (TPSA) is 66.8 Å². The Labute approximate surface area is 186 Å². The van der Waals surface area contributed by atoms with Gasteiger partial charge in [0.05, 0.1) is 18.6 Å².